The maximum absolute atomic E-state index is 5.59. The molecule has 0 saturated carbocycles. The van der Waals surface area contributed by atoms with Gasteiger partial charge in [-0.05, 0) is 22.9 Å². The second-order valence-electron chi connectivity index (χ2n) is 4.66. The zero-order valence-corrected chi connectivity index (χ0v) is 11.5. The van der Waals surface area contributed by atoms with Gasteiger partial charge in [0.25, 0.3) is 0 Å². The molecule has 0 spiro atoms. The Morgan fingerprint density at radius 3 is 2.58 bits per heavy atom. The smallest absolute Gasteiger partial charge is 0.212 e. The van der Waals surface area contributed by atoms with Crippen LogP contribution >= 0.6 is 0 Å². The average Bonchev–Trinajstić information content (AvgIpc) is 2.81. The first-order valence-corrected chi connectivity index (χ1v) is 6.31. The van der Waals surface area contributed by atoms with Crippen LogP contribution in [0.5, 0.6) is 5.75 Å². The Morgan fingerprint density at radius 1 is 1.26 bits per heavy atom. The monoisotopic (exact) mass is 261 g/mol. The fourth-order valence-electron chi connectivity index (χ4n) is 1.55. The molecule has 0 atom stereocenters. The Morgan fingerprint density at radius 2 is 2.00 bits per heavy atom. The number of nitrogens with zero attached hydrogens (tertiary/aromatic N) is 4. The molecule has 0 bridgehead atoms. The Bertz CT molecular complexity index is 506. The summed E-state index contributed by atoms with van der Waals surface area (Å²) in [5.74, 6) is 1.38. The number of nitrogens with one attached hydrogen (secondary N) is 1. The van der Waals surface area contributed by atoms with Crippen LogP contribution in [-0.2, 0) is 20.2 Å². The summed E-state index contributed by atoms with van der Waals surface area (Å²) >= 11 is 0. The predicted octanol–water partition coefficient (Wildman–Crippen LogP) is 1.29. The lowest BCUT2D eigenvalue weighted by Crippen LogP contribution is -2.21. The topological polar surface area (TPSA) is 64.9 Å². The minimum Gasteiger partial charge on any atom is -0.485 e. The normalized spacial score (nSPS) is 10.9. The summed E-state index contributed by atoms with van der Waals surface area (Å²) in [6.45, 7) is 5.46. The van der Waals surface area contributed by atoms with E-state index in [1.165, 1.54) is 10.4 Å². The Hall–Kier alpha value is -1.95. The highest BCUT2D eigenvalue weighted by molar-refractivity contribution is 5.27. The number of ether oxygens (including phenoxy) is 1. The molecule has 102 valence electrons. The third-order valence-electron chi connectivity index (χ3n) is 2.56. The van der Waals surface area contributed by atoms with Crippen molar-refractivity contribution in [3.8, 4) is 5.75 Å². The van der Waals surface area contributed by atoms with Gasteiger partial charge in [-0.15, -0.1) is 10.2 Å². The van der Waals surface area contributed by atoms with Crippen LogP contribution in [0.15, 0.2) is 24.3 Å². The minimum atomic E-state index is 0.331. The van der Waals surface area contributed by atoms with Gasteiger partial charge in [0.05, 0.1) is 7.05 Å². The number of aryl methyl sites for hydroxylation is 1. The molecule has 6 nitrogen and oxygen atoms in total. The van der Waals surface area contributed by atoms with E-state index in [0.717, 1.165) is 12.3 Å². The molecule has 1 aromatic heterocycles. The summed E-state index contributed by atoms with van der Waals surface area (Å²) in [5.41, 5.74) is 1.23. The molecular weight excluding hydrogens is 242 g/mol. The predicted molar refractivity (Wildman–Crippen MR) is 71.5 cm³/mol. The highest BCUT2D eigenvalue weighted by atomic mass is 16.5. The van der Waals surface area contributed by atoms with Crippen molar-refractivity contribution in [2.24, 2.45) is 7.05 Å². The number of aromatic nitrogens is 4. The largest absolute Gasteiger partial charge is 0.485 e. The van der Waals surface area contributed by atoms with Gasteiger partial charge in [0, 0.05) is 12.6 Å². The van der Waals surface area contributed by atoms with E-state index in [9.17, 15) is 0 Å². The molecule has 0 fully saturated rings. The molecule has 1 aromatic carbocycles. The first kappa shape index (κ1) is 13.5. The number of hydrogen-bond donors (Lipinski definition) is 1. The summed E-state index contributed by atoms with van der Waals surface area (Å²) in [7, 11) is 1.73. The average molecular weight is 261 g/mol. The van der Waals surface area contributed by atoms with Crippen molar-refractivity contribution in [1.82, 2.24) is 25.5 Å². The molecule has 0 unspecified atom stereocenters. The lowest BCUT2D eigenvalue weighted by Gasteiger charge is -2.09. The van der Waals surface area contributed by atoms with Crippen LogP contribution in [0.1, 0.15) is 25.2 Å². The third-order valence-corrected chi connectivity index (χ3v) is 2.56. The molecule has 0 aliphatic carbocycles. The van der Waals surface area contributed by atoms with Crippen molar-refractivity contribution in [2.45, 2.75) is 33.0 Å². The van der Waals surface area contributed by atoms with E-state index in [-0.39, 0.29) is 0 Å². The number of rotatable bonds is 6. The second kappa shape index (κ2) is 6.29. The van der Waals surface area contributed by atoms with Crippen molar-refractivity contribution in [3.05, 3.63) is 35.7 Å². The number of hydrogen-bond acceptors (Lipinski definition) is 5. The van der Waals surface area contributed by atoms with Gasteiger partial charge in [0.1, 0.15) is 5.75 Å². The zero-order chi connectivity index (χ0) is 13.7. The maximum atomic E-state index is 5.59. The van der Waals surface area contributed by atoms with Crippen LogP contribution in [-0.4, -0.2) is 26.2 Å². The summed E-state index contributed by atoms with van der Waals surface area (Å²) < 4.78 is 5.59. The maximum Gasteiger partial charge on any atom is 0.212 e. The van der Waals surface area contributed by atoms with Crippen molar-refractivity contribution in [2.75, 3.05) is 0 Å². The van der Waals surface area contributed by atoms with Crippen molar-refractivity contribution in [1.29, 1.82) is 0 Å². The first-order chi connectivity index (χ1) is 9.13. The van der Waals surface area contributed by atoms with Crippen LogP contribution in [0.4, 0.5) is 0 Å². The van der Waals surface area contributed by atoms with E-state index in [2.05, 4.69) is 46.7 Å². The van der Waals surface area contributed by atoms with Gasteiger partial charge < -0.3 is 10.1 Å². The molecule has 0 saturated heterocycles. The molecular formula is C13H19N5O. The molecule has 0 amide bonds. The van der Waals surface area contributed by atoms with E-state index in [0.29, 0.717) is 18.5 Å². The molecule has 0 aliphatic rings. The number of tetrazole rings is 1. The van der Waals surface area contributed by atoms with Gasteiger partial charge in [-0.1, -0.05) is 26.0 Å². The number of benzene rings is 1. The van der Waals surface area contributed by atoms with Crippen LogP contribution in [0.25, 0.3) is 0 Å². The summed E-state index contributed by atoms with van der Waals surface area (Å²) in [6, 6.07) is 8.49. The quantitative estimate of drug-likeness (QED) is 0.848. The molecule has 1 N–H and O–H groups in total. The van der Waals surface area contributed by atoms with Crippen LogP contribution in [0.3, 0.4) is 0 Å². The van der Waals surface area contributed by atoms with E-state index < -0.39 is 0 Å². The van der Waals surface area contributed by atoms with Gasteiger partial charge in [0.15, 0.2) is 6.61 Å². The van der Waals surface area contributed by atoms with E-state index in [1.807, 2.05) is 12.1 Å². The molecule has 2 aromatic rings. The SMILES string of the molecule is CC(C)NCc1ccc(OCc2nnn(C)n2)cc1. The lowest BCUT2D eigenvalue weighted by molar-refractivity contribution is 0.295. The van der Waals surface area contributed by atoms with Gasteiger partial charge in [-0.2, -0.15) is 4.80 Å². The summed E-state index contributed by atoms with van der Waals surface area (Å²) in [5, 5.41) is 15.0. The third kappa shape index (κ3) is 4.33. The van der Waals surface area contributed by atoms with E-state index >= 15 is 0 Å². The molecule has 0 radical (unpaired) electrons. The van der Waals surface area contributed by atoms with E-state index in [4.69, 9.17) is 4.74 Å². The van der Waals surface area contributed by atoms with Crippen LogP contribution < -0.4 is 10.1 Å². The molecule has 6 heteroatoms. The van der Waals surface area contributed by atoms with E-state index in [1.54, 1.807) is 7.05 Å². The van der Waals surface area contributed by atoms with Crippen LogP contribution in [0.2, 0.25) is 0 Å². The first-order valence-electron chi connectivity index (χ1n) is 6.31. The zero-order valence-electron chi connectivity index (χ0n) is 11.5. The Balaban J connectivity index is 1.84. The van der Waals surface area contributed by atoms with Crippen molar-refractivity contribution >= 4 is 0 Å². The summed E-state index contributed by atoms with van der Waals surface area (Å²) in [6.07, 6.45) is 0. The van der Waals surface area contributed by atoms with Gasteiger partial charge in [-0.25, -0.2) is 0 Å². The Labute approximate surface area is 112 Å². The minimum absolute atomic E-state index is 0.331. The second-order valence-corrected chi connectivity index (χ2v) is 4.66. The molecule has 0 aliphatic heterocycles. The van der Waals surface area contributed by atoms with Crippen LogP contribution in [0, 0.1) is 0 Å². The standard InChI is InChI=1S/C13H19N5O/c1-10(2)14-8-11-4-6-12(7-5-11)19-9-13-15-17-18(3)16-13/h4-7,10,14H,8-9H2,1-3H3. The fraction of sp³-hybridized carbons (Fsp3) is 0.462. The van der Waals surface area contributed by atoms with Gasteiger partial charge >= 0.3 is 0 Å². The molecule has 19 heavy (non-hydrogen) atoms. The Kier molecular flexibility index (Phi) is 4.46. The molecule has 2 rings (SSSR count). The fourth-order valence-corrected chi connectivity index (χ4v) is 1.55. The van der Waals surface area contributed by atoms with Gasteiger partial charge in [-0.3, -0.25) is 0 Å². The highest BCUT2D eigenvalue weighted by Crippen LogP contribution is 2.13. The molecule has 1 heterocycles. The van der Waals surface area contributed by atoms with Crippen molar-refractivity contribution in [3.63, 3.8) is 0 Å². The summed E-state index contributed by atoms with van der Waals surface area (Å²) in [4.78, 5) is 1.42. The van der Waals surface area contributed by atoms with Crippen molar-refractivity contribution < 1.29 is 4.74 Å². The highest BCUT2D eigenvalue weighted by Gasteiger charge is 2.02. The van der Waals surface area contributed by atoms with Gasteiger partial charge in [0.2, 0.25) is 5.82 Å². The lowest BCUT2D eigenvalue weighted by atomic mass is 10.2.